The number of benzene rings is 1. The minimum Gasteiger partial charge on any atom is -0.313 e. The van der Waals surface area contributed by atoms with Gasteiger partial charge in [0.05, 0.1) is 0 Å². The fraction of sp³-hybridized carbons (Fsp3) is 0.600. The lowest BCUT2D eigenvalue weighted by Gasteiger charge is -2.31. The quantitative estimate of drug-likeness (QED) is 0.844. The molecule has 1 atom stereocenters. The lowest BCUT2D eigenvalue weighted by atomic mass is 9.81. The van der Waals surface area contributed by atoms with E-state index in [4.69, 9.17) is 11.6 Å². The summed E-state index contributed by atoms with van der Waals surface area (Å²) in [6.45, 7) is 1.79. The first-order valence-electron chi connectivity index (χ1n) is 6.76. The van der Waals surface area contributed by atoms with E-state index in [-0.39, 0.29) is 11.9 Å². The van der Waals surface area contributed by atoms with Crippen LogP contribution in [-0.4, -0.2) is 7.05 Å². The maximum absolute atomic E-state index is 13.5. The topological polar surface area (TPSA) is 12.0 Å². The molecule has 0 bridgehead atoms. The van der Waals surface area contributed by atoms with Crippen molar-refractivity contribution in [2.45, 2.75) is 45.1 Å². The van der Waals surface area contributed by atoms with Gasteiger partial charge in [-0.25, -0.2) is 4.39 Å². The predicted molar refractivity (Wildman–Crippen MR) is 74.5 cm³/mol. The molecule has 0 amide bonds. The molecule has 3 heteroatoms. The highest BCUT2D eigenvalue weighted by Gasteiger charge is 2.25. The van der Waals surface area contributed by atoms with Crippen LogP contribution in [0.1, 0.15) is 49.3 Å². The first-order chi connectivity index (χ1) is 8.63. The number of hydrogen-bond donors (Lipinski definition) is 1. The summed E-state index contributed by atoms with van der Waals surface area (Å²) < 4.78 is 13.5. The van der Waals surface area contributed by atoms with Gasteiger partial charge in [0.15, 0.2) is 0 Å². The van der Waals surface area contributed by atoms with Gasteiger partial charge in [-0.2, -0.15) is 0 Å². The fourth-order valence-corrected chi connectivity index (χ4v) is 3.30. The van der Waals surface area contributed by atoms with Gasteiger partial charge >= 0.3 is 0 Å². The van der Waals surface area contributed by atoms with Gasteiger partial charge in [0, 0.05) is 11.1 Å². The van der Waals surface area contributed by atoms with Crippen LogP contribution in [0.25, 0.3) is 0 Å². The van der Waals surface area contributed by atoms with E-state index in [9.17, 15) is 4.39 Å². The third-order valence-electron chi connectivity index (χ3n) is 4.05. The third kappa shape index (κ3) is 2.86. The largest absolute Gasteiger partial charge is 0.313 e. The van der Waals surface area contributed by atoms with Crippen LogP contribution in [0, 0.1) is 18.7 Å². The highest BCUT2D eigenvalue weighted by atomic mass is 35.5. The molecule has 1 unspecified atom stereocenters. The van der Waals surface area contributed by atoms with Gasteiger partial charge in [0.2, 0.25) is 0 Å². The zero-order valence-electron chi connectivity index (χ0n) is 11.1. The van der Waals surface area contributed by atoms with Crippen LogP contribution in [0.2, 0.25) is 5.02 Å². The summed E-state index contributed by atoms with van der Waals surface area (Å²) in [6, 6.07) is 3.59. The zero-order chi connectivity index (χ0) is 13.1. The van der Waals surface area contributed by atoms with Crippen molar-refractivity contribution >= 4 is 11.6 Å². The first kappa shape index (κ1) is 13.8. The molecule has 0 aromatic heterocycles. The molecule has 0 radical (unpaired) electrons. The Balaban J connectivity index is 2.28. The molecule has 100 valence electrons. The van der Waals surface area contributed by atoms with Crippen LogP contribution < -0.4 is 5.32 Å². The van der Waals surface area contributed by atoms with E-state index in [0.717, 1.165) is 5.56 Å². The summed E-state index contributed by atoms with van der Waals surface area (Å²) in [5.74, 6) is 0.397. The van der Waals surface area contributed by atoms with Crippen LogP contribution in [-0.2, 0) is 0 Å². The molecule has 1 fully saturated rings. The monoisotopic (exact) mass is 269 g/mol. The SMILES string of the molecule is CNC(c1cc(C)c(F)cc1Cl)C1CCCCC1. The number of aryl methyl sites for hydroxylation is 1. The van der Waals surface area contributed by atoms with Crippen molar-refractivity contribution in [2.75, 3.05) is 7.05 Å². The lowest BCUT2D eigenvalue weighted by Crippen LogP contribution is -2.27. The molecule has 0 aliphatic heterocycles. The standard InChI is InChI=1S/C15H21ClFN/c1-10-8-12(13(16)9-14(10)17)15(18-2)11-6-4-3-5-7-11/h8-9,11,15,18H,3-7H2,1-2H3. The van der Waals surface area contributed by atoms with Crippen LogP contribution in [0.3, 0.4) is 0 Å². The maximum Gasteiger partial charge on any atom is 0.127 e. The Labute approximate surface area is 114 Å². The van der Waals surface area contributed by atoms with Gasteiger partial charge < -0.3 is 5.32 Å². The molecule has 1 aromatic carbocycles. The highest BCUT2D eigenvalue weighted by molar-refractivity contribution is 6.31. The Morgan fingerprint density at radius 3 is 2.56 bits per heavy atom. The molecular formula is C15H21ClFN. The van der Waals surface area contributed by atoms with Crippen LogP contribution >= 0.6 is 11.6 Å². The molecule has 1 aromatic rings. The van der Waals surface area contributed by atoms with Crippen molar-refractivity contribution in [1.29, 1.82) is 0 Å². The van der Waals surface area contributed by atoms with E-state index in [2.05, 4.69) is 5.32 Å². The van der Waals surface area contributed by atoms with E-state index >= 15 is 0 Å². The maximum atomic E-state index is 13.5. The number of rotatable bonds is 3. The Morgan fingerprint density at radius 1 is 1.28 bits per heavy atom. The molecule has 0 saturated heterocycles. The summed E-state index contributed by atoms with van der Waals surface area (Å²) in [5, 5.41) is 3.91. The molecule has 18 heavy (non-hydrogen) atoms. The molecule has 0 spiro atoms. The van der Waals surface area contributed by atoms with Crippen molar-refractivity contribution in [3.05, 3.63) is 34.1 Å². The van der Waals surface area contributed by atoms with Gasteiger partial charge in [-0.15, -0.1) is 0 Å². The summed E-state index contributed by atoms with van der Waals surface area (Å²) in [4.78, 5) is 0. The number of hydrogen-bond acceptors (Lipinski definition) is 1. The van der Waals surface area contributed by atoms with E-state index in [1.165, 1.54) is 38.2 Å². The number of halogens is 2. The first-order valence-corrected chi connectivity index (χ1v) is 7.14. The van der Waals surface area contributed by atoms with Crippen molar-refractivity contribution in [1.82, 2.24) is 5.32 Å². The second-order valence-corrected chi connectivity index (χ2v) is 5.69. The molecule has 1 aliphatic rings. The Hall–Kier alpha value is -0.600. The molecule has 0 heterocycles. The third-order valence-corrected chi connectivity index (χ3v) is 4.37. The molecule has 1 N–H and O–H groups in total. The van der Waals surface area contributed by atoms with Gasteiger partial charge in [-0.1, -0.05) is 36.9 Å². The minimum atomic E-state index is -0.220. The smallest absolute Gasteiger partial charge is 0.127 e. The molecule has 1 aliphatic carbocycles. The summed E-state index contributed by atoms with van der Waals surface area (Å²) in [6.07, 6.45) is 6.39. The second kappa shape index (κ2) is 6.03. The van der Waals surface area contributed by atoms with Gasteiger partial charge in [0.25, 0.3) is 0 Å². The van der Waals surface area contributed by atoms with Gasteiger partial charge in [-0.05, 0) is 49.9 Å². The average molecular weight is 270 g/mol. The van der Waals surface area contributed by atoms with E-state index in [1.54, 1.807) is 6.92 Å². The summed E-state index contributed by atoms with van der Waals surface area (Å²) in [5.41, 5.74) is 1.72. The van der Waals surface area contributed by atoms with E-state index in [0.29, 0.717) is 16.5 Å². The van der Waals surface area contributed by atoms with Gasteiger partial charge in [-0.3, -0.25) is 0 Å². The van der Waals surface area contributed by atoms with Crippen LogP contribution in [0.4, 0.5) is 4.39 Å². The normalized spacial score (nSPS) is 18.9. The van der Waals surface area contributed by atoms with Crippen molar-refractivity contribution < 1.29 is 4.39 Å². The molecule has 2 rings (SSSR count). The fourth-order valence-electron chi connectivity index (χ4n) is 3.03. The second-order valence-electron chi connectivity index (χ2n) is 5.29. The molecular weight excluding hydrogens is 249 g/mol. The van der Waals surface area contributed by atoms with E-state index in [1.807, 2.05) is 13.1 Å². The Kier molecular flexibility index (Phi) is 4.63. The highest BCUT2D eigenvalue weighted by Crippen LogP contribution is 2.37. The Morgan fingerprint density at radius 2 is 1.94 bits per heavy atom. The van der Waals surface area contributed by atoms with E-state index < -0.39 is 0 Å². The van der Waals surface area contributed by atoms with Gasteiger partial charge in [0.1, 0.15) is 5.82 Å². The average Bonchev–Trinajstić information content (AvgIpc) is 2.38. The number of nitrogens with one attached hydrogen (secondary N) is 1. The van der Waals surface area contributed by atoms with Crippen LogP contribution in [0.5, 0.6) is 0 Å². The summed E-state index contributed by atoms with van der Waals surface area (Å²) in [7, 11) is 1.97. The zero-order valence-corrected chi connectivity index (χ0v) is 11.9. The molecule has 1 saturated carbocycles. The lowest BCUT2D eigenvalue weighted by molar-refractivity contribution is 0.281. The minimum absolute atomic E-state index is 0.220. The summed E-state index contributed by atoms with van der Waals surface area (Å²) >= 11 is 6.21. The Bertz CT molecular complexity index is 413. The van der Waals surface area contributed by atoms with Crippen molar-refractivity contribution in [2.24, 2.45) is 5.92 Å². The van der Waals surface area contributed by atoms with Crippen molar-refractivity contribution in [3.8, 4) is 0 Å². The molecule has 1 nitrogen and oxygen atoms in total. The van der Waals surface area contributed by atoms with Crippen LogP contribution in [0.15, 0.2) is 12.1 Å². The predicted octanol–water partition coefficient (Wildman–Crippen LogP) is 4.63. The van der Waals surface area contributed by atoms with Crippen molar-refractivity contribution in [3.63, 3.8) is 0 Å².